The summed E-state index contributed by atoms with van der Waals surface area (Å²) in [7, 11) is 0. The van der Waals surface area contributed by atoms with Crippen LogP contribution in [0.4, 0.5) is 4.39 Å². The Morgan fingerprint density at radius 3 is 3.00 bits per heavy atom. The molecule has 21 heavy (non-hydrogen) atoms. The van der Waals surface area contributed by atoms with Crippen molar-refractivity contribution in [1.82, 2.24) is 4.90 Å². The summed E-state index contributed by atoms with van der Waals surface area (Å²) >= 11 is 0. The van der Waals surface area contributed by atoms with Crippen LogP contribution in [0, 0.1) is 17.7 Å². The maximum absolute atomic E-state index is 13.4. The van der Waals surface area contributed by atoms with E-state index in [0.717, 1.165) is 38.1 Å². The first-order chi connectivity index (χ1) is 10.2. The van der Waals surface area contributed by atoms with Crippen LogP contribution < -0.4 is 0 Å². The molecule has 1 aromatic rings. The highest BCUT2D eigenvalue weighted by Gasteiger charge is 2.19. The Bertz CT molecular complexity index is 515. The van der Waals surface area contributed by atoms with E-state index in [2.05, 4.69) is 23.7 Å². The molecular formula is C17H22FNO2. The average molecular weight is 291 g/mol. The molecule has 1 aromatic carbocycles. The van der Waals surface area contributed by atoms with E-state index in [4.69, 9.17) is 9.84 Å². The molecule has 4 heteroatoms. The molecule has 1 atom stereocenters. The summed E-state index contributed by atoms with van der Waals surface area (Å²) in [5.41, 5.74) is 1.63. The van der Waals surface area contributed by atoms with Crippen molar-refractivity contribution in [2.75, 3.05) is 26.3 Å². The second-order valence-electron chi connectivity index (χ2n) is 5.22. The van der Waals surface area contributed by atoms with Gasteiger partial charge < -0.3 is 9.84 Å². The lowest BCUT2D eigenvalue weighted by Crippen LogP contribution is -2.31. The van der Waals surface area contributed by atoms with Gasteiger partial charge in [0.15, 0.2) is 0 Å². The third-order valence-electron chi connectivity index (χ3n) is 3.70. The summed E-state index contributed by atoms with van der Waals surface area (Å²) in [5, 5.41) is 8.81. The number of aliphatic hydroxyl groups is 1. The minimum Gasteiger partial charge on any atom is -0.384 e. The fourth-order valence-corrected chi connectivity index (χ4v) is 2.56. The van der Waals surface area contributed by atoms with E-state index in [1.165, 1.54) is 12.1 Å². The van der Waals surface area contributed by atoms with Gasteiger partial charge in [0, 0.05) is 25.3 Å². The average Bonchev–Trinajstić information content (AvgIpc) is 2.99. The predicted molar refractivity (Wildman–Crippen MR) is 80.3 cm³/mol. The van der Waals surface area contributed by atoms with Crippen molar-refractivity contribution in [3.8, 4) is 11.8 Å². The standard InChI is InChI=1S/C17H22FNO2/c1-2-19(13-17-6-4-10-21-17)12-15-7-8-16(18)11-14(15)5-3-9-20/h7-8,11,17,20H,2,4,6,9-10,12-13H2,1H3. The van der Waals surface area contributed by atoms with Gasteiger partial charge in [0.1, 0.15) is 12.4 Å². The number of rotatable bonds is 5. The largest absolute Gasteiger partial charge is 0.384 e. The van der Waals surface area contributed by atoms with Gasteiger partial charge in [-0.25, -0.2) is 4.39 Å². The molecule has 1 aliphatic rings. The molecule has 114 valence electrons. The van der Waals surface area contributed by atoms with Gasteiger partial charge in [-0.05, 0) is 37.1 Å². The molecule has 1 aliphatic heterocycles. The summed E-state index contributed by atoms with van der Waals surface area (Å²) in [6.45, 7) is 5.25. The van der Waals surface area contributed by atoms with Crippen LogP contribution in [-0.2, 0) is 11.3 Å². The zero-order valence-electron chi connectivity index (χ0n) is 12.4. The smallest absolute Gasteiger partial charge is 0.124 e. The number of aliphatic hydroxyl groups excluding tert-OH is 1. The lowest BCUT2D eigenvalue weighted by atomic mass is 10.1. The molecule has 0 saturated carbocycles. The Labute approximate surface area is 125 Å². The number of ether oxygens (including phenoxy) is 1. The zero-order valence-corrected chi connectivity index (χ0v) is 12.4. The first-order valence-electron chi connectivity index (χ1n) is 7.45. The number of benzene rings is 1. The lowest BCUT2D eigenvalue weighted by molar-refractivity contribution is 0.0724. The highest BCUT2D eigenvalue weighted by Crippen LogP contribution is 2.17. The van der Waals surface area contributed by atoms with Gasteiger partial charge in [-0.1, -0.05) is 24.8 Å². The Kier molecular flexibility index (Phi) is 6.19. The quantitative estimate of drug-likeness (QED) is 0.844. The molecule has 1 saturated heterocycles. The topological polar surface area (TPSA) is 32.7 Å². The summed E-state index contributed by atoms with van der Waals surface area (Å²) < 4.78 is 19.0. The molecule has 0 amide bonds. The van der Waals surface area contributed by atoms with Gasteiger partial charge in [-0.3, -0.25) is 4.90 Å². The molecule has 0 spiro atoms. The molecule has 1 fully saturated rings. The summed E-state index contributed by atoms with van der Waals surface area (Å²) in [6.07, 6.45) is 2.54. The third-order valence-corrected chi connectivity index (χ3v) is 3.70. The molecule has 1 N–H and O–H groups in total. The fourth-order valence-electron chi connectivity index (χ4n) is 2.56. The number of nitrogens with zero attached hydrogens (tertiary/aromatic N) is 1. The second-order valence-corrected chi connectivity index (χ2v) is 5.22. The Morgan fingerprint density at radius 1 is 1.48 bits per heavy atom. The molecule has 1 unspecified atom stereocenters. The molecule has 0 aliphatic carbocycles. The van der Waals surface area contributed by atoms with Crippen molar-refractivity contribution in [3.63, 3.8) is 0 Å². The molecule has 0 bridgehead atoms. The predicted octanol–water partition coefficient (Wildman–Crippen LogP) is 2.17. The van der Waals surface area contributed by atoms with Crippen molar-refractivity contribution in [3.05, 3.63) is 35.1 Å². The number of hydrogen-bond acceptors (Lipinski definition) is 3. The van der Waals surface area contributed by atoms with Crippen molar-refractivity contribution < 1.29 is 14.2 Å². The van der Waals surface area contributed by atoms with Crippen LogP contribution in [0.5, 0.6) is 0 Å². The van der Waals surface area contributed by atoms with E-state index in [9.17, 15) is 4.39 Å². The van der Waals surface area contributed by atoms with Crippen LogP contribution in [-0.4, -0.2) is 42.4 Å². The monoisotopic (exact) mass is 291 g/mol. The maximum atomic E-state index is 13.4. The van der Waals surface area contributed by atoms with Crippen LogP contribution in [0.25, 0.3) is 0 Å². The zero-order chi connectivity index (χ0) is 15.1. The SMILES string of the molecule is CCN(Cc1ccc(F)cc1C#CCO)CC1CCCO1. The van der Waals surface area contributed by atoms with Gasteiger partial charge in [0.05, 0.1) is 6.10 Å². The molecule has 1 heterocycles. The third kappa shape index (κ3) is 4.82. The molecule has 0 aromatic heterocycles. The molecule has 3 nitrogen and oxygen atoms in total. The lowest BCUT2D eigenvalue weighted by Gasteiger charge is -2.24. The Balaban J connectivity index is 2.08. The molecule has 2 rings (SSSR count). The van der Waals surface area contributed by atoms with Crippen molar-refractivity contribution in [2.45, 2.75) is 32.4 Å². The minimum atomic E-state index is -0.303. The second kappa shape index (κ2) is 8.14. The van der Waals surface area contributed by atoms with Gasteiger partial charge in [-0.2, -0.15) is 0 Å². The summed E-state index contributed by atoms with van der Waals surface area (Å²) in [6, 6.07) is 4.66. The van der Waals surface area contributed by atoms with E-state index >= 15 is 0 Å². The van der Waals surface area contributed by atoms with Gasteiger partial charge in [0.2, 0.25) is 0 Å². The number of likely N-dealkylation sites (N-methyl/N-ethyl adjacent to an activating group) is 1. The number of halogens is 1. The van der Waals surface area contributed by atoms with E-state index in [0.29, 0.717) is 18.2 Å². The van der Waals surface area contributed by atoms with E-state index in [-0.39, 0.29) is 12.4 Å². The maximum Gasteiger partial charge on any atom is 0.124 e. The van der Waals surface area contributed by atoms with Gasteiger partial charge in [-0.15, -0.1) is 0 Å². The summed E-state index contributed by atoms with van der Waals surface area (Å²) in [4.78, 5) is 2.29. The summed E-state index contributed by atoms with van der Waals surface area (Å²) in [5.74, 6) is 5.12. The Morgan fingerprint density at radius 2 is 2.33 bits per heavy atom. The Hall–Kier alpha value is -1.41. The van der Waals surface area contributed by atoms with E-state index in [1.807, 2.05) is 0 Å². The molecule has 0 radical (unpaired) electrons. The highest BCUT2D eigenvalue weighted by molar-refractivity contribution is 5.41. The first-order valence-corrected chi connectivity index (χ1v) is 7.45. The van der Waals surface area contributed by atoms with Crippen molar-refractivity contribution in [1.29, 1.82) is 0 Å². The van der Waals surface area contributed by atoms with Gasteiger partial charge in [0.25, 0.3) is 0 Å². The van der Waals surface area contributed by atoms with Crippen LogP contribution in [0.1, 0.15) is 30.9 Å². The molecular weight excluding hydrogens is 269 g/mol. The van der Waals surface area contributed by atoms with Crippen molar-refractivity contribution >= 4 is 0 Å². The van der Waals surface area contributed by atoms with Crippen molar-refractivity contribution in [2.24, 2.45) is 0 Å². The van der Waals surface area contributed by atoms with Crippen LogP contribution in [0.3, 0.4) is 0 Å². The number of hydrogen-bond donors (Lipinski definition) is 1. The first kappa shape index (κ1) is 16.0. The van der Waals surface area contributed by atoms with Crippen LogP contribution in [0.2, 0.25) is 0 Å². The van der Waals surface area contributed by atoms with E-state index < -0.39 is 0 Å². The van der Waals surface area contributed by atoms with Crippen LogP contribution >= 0.6 is 0 Å². The normalized spacial score (nSPS) is 17.8. The van der Waals surface area contributed by atoms with E-state index in [1.54, 1.807) is 6.07 Å². The fraction of sp³-hybridized carbons (Fsp3) is 0.529. The highest BCUT2D eigenvalue weighted by atomic mass is 19.1. The van der Waals surface area contributed by atoms with Crippen LogP contribution in [0.15, 0.2) is 18.2 Å². The minimum absolute atomic E-state index is 0.219. The van der Waals surface area contributed by atoms with Gasteiger partial charge >= 0.3 is 0 Å².